The molecule has 2 fully saturated rings. The Morgan fingerprint density at radius 2 is 1.65 bits per heavy atom. The Morgan fingerprint density at radius 3 is 2.22 bits per heavy atom. The van der Waals surface area contributed by atoms with Gasteiger partial charge in [-0.05, 0) is 58.0 Å². The fourth-order valence-corrected chi connectivity index (χ4v) is 4.03. The third-order valence-electron chi connectivity index (χ3n) is 5.06. The zero-order valence-corrected chi connectivity index (χ0v) is 15.3. The van der Waals surface area contributed by atoms with Gasteiger partial charge in [-0.15, -0.1) is 0 Å². The Morgan fingerprint density at radius 1 is 1.00 bits per heavy atom. The van der Waals surface area contributed by atoms with E-state index in [1.54, 1.807) is 18.2 Å². The van der Waals surface area contributed by atoms with Crippen LogP contribution in [0.15, 0.2) is 18.2 Å². The van der Waals surface area contributed by atoms with Crippen molar-refractivity contribution in [3.05, 3.63) is 33.8 Å². The van der Waals surface area contributed by atoms with E-state index in [4.69, 9.17) is 23.2 Å². The first-order chi connectivity index (χ1) is 11.0. The molecular weight excluding hydrogens is 331 g/mol. The Labute approximate surface area is 148 Å². The maximum atomic E-state index is 13.2. The maximum Gasteiger partial charge on any atom is 0.254 e. The van der Waals surface area contributed by atoms with Crippen LogP contribution in [0.4, 0.5) is 0 Å². The summed E-state index contributed by atoms with van der Waals surface area (Å²) in [4.78, 5) is 17.6. The van der Waals surface area contributed by atoms with Crippen molar-refractivity contribution in [1.29, 1.82) is 0 Å². The molecule has 126 valence electrons. The quantitative estimate of drug-likeness (QED) is 0.796. The van der Waals surface area contributed by atoms with Crippen molar-refractivity contribution in [2.75, 3.05) is 14.1 Å². The van der Waals surface area contributed by atoms with Crippen LogP contribution in [0.5, 0.6) is 0 Å². The molecule has 3 rings (SSSR count). The Hall–Kier alpha value is -0.770. The topological polar surface area (TPSA) is 23.6 Å². The average Bonchev–Trinajstić information content (AvgIpc) is 3.35. The molecule has 0 radical (unpaired) electrons. The second-order valence-electron chi connectivity index (χ2n) is 6.96. The molecule has 5 heteroatoms. The van der Waals surface area contributed by atoms with Crippen LogP contribution in [-0.4, -0.2) is 47.9 Å². The van der Waals surface area contributed by atoms with Crippen molar-refractivity contribution in [3.63, 3.8) is 0 Å². The number of rotatable bonds is 4. The molecule has 0 bridgehead atoms. The summed E-state index contributed by atoms with van der Waals surface area (Å²) in [5.74, 6) is 0.102. The summed E-state index contributed by atoms with van der Waals surface area (Å²) >= 11 is 12.1. The molecular formula is C18H24Cl2N2O. The molecule has 2 saturated carbocycles. The minimum atomic E-state index is 0.102. The van der Waals surface area contributed by atoms with Gasteiger partial charge < -0.3 is 9.80 Å². The van der Waals surface area contributed by atoms with Crippen molar-refractivity contribution in [2.45, 2.75) is 56.7 Å². The van der Waals surface area contributed by atoms with Gasteiger partial charge in [-0.1, -0.05) is 36.0 Å². The van der Waals surface area contributed by atoms with Gasteiger partial charge in [-0.2, -0.15) is 0 Å². The standard InChI is InChI=1S/C18H24Cl2N2O/c1-21(2)16-5-3-4-6-17(16)22(13-8-9-13)18(23)12-7-10-14(19)15(20)11-12/h7,10-11,13,16-17H,3-6,8-9H2,1-2H3/t16-,17-/m0/s1. The number of benzene rings is 1. The first-order valence-corrected chi connectivity index (χ1v) is 9.19. The number of carbonyl (C=O) groups excluding carboxylic acids is 1. The van der Waals surface area contributed by atoms with E-state index in [1.165, 1.54) is 12.8 Å². The summed E-state index contributed by atoms with van der Waals surface area (Å²) in [6.45, 7) is 0. The van der Waals surface area contributed by atoms with Crippen LogP contribution in [0.3, 0.4) is 0 Å². The van der Waals surface area contributed by atoms with Gasteiger partial charge in [0.05, 0.1) is 10.0 Å². The van der Waals surface area contributed by atoms with Gasteiger partial charge in [0.15, 0.2) is 0 Å². The van der Waals surface area contributed by atoms with E-state index in [9.17, 15) is 4.79 Å². The molecule has 2 aliphatic carbocycles. The molecule has 3 nitrogen and oxygen atoms in total. The lowest BCUT2D eigenvalue weighted by Gasteiger charge is -2.43. The number of halogens is 2. The zero-order valence-electron chi connectivity index (χ0n) is 13.8. The van der Waals surface area contributed by atoms with E-state index >= 15 is 0 Å². The minimum absolute atomic E-state index is 0.102. The Balaban J connectivity index is 1.88. The number of nitrogens with zero attached hydrogens (tertiary/aromatic N) is 2. The molecule has 0 saturated heterocycles. The molecule has 0 heterocycles. The highest BCUT2D eigenvalue weighted by Gasteiger charge is 2.42. The predicted molar refractivity (Wildman–Crippen MR) is 95.4 cm³/mol. The van der Waals surface area contributed by atoms with Crippen molar-refractivity contribution in [3.8, 4) is 0 Å². The van der Waals surface area contributed by atoms with E-state index < -0.39 is 0 Å². The highest BCUT2D eigenvalue weighted by molar-refractivity contribution is 6.42. The van der Waals surface area contributed by atoms with E-state index in [2.05, 4.69) is 23.9 Å². The van der Waals surface area contributed by atoms with E-state index in [1.807, 2.05) is 0 Å². The SMILES string of the molecule is CN(C)[C@H]1CCCC[C@@H]1N(C(=O)c1ccc(Cl)c(Cl)c1)C1CC1. The van der Waals surface area contributed by atoms with Crippen LogP contribution in [0.1, 0.15) is 48.9 Å². The monoisotopic (exact) mass is 354 g/mol. The summed E-state index contributed by atoms with van der Waals surface area (Å²) in [6.07, 6.45) is 6.93. The van der Waals surface area contributed by atoms with Gasteiger partial charge in [0.1, 0.15) is 0 Å². The number of amides is 1. The summed E-state index contributed by atoms with van der Waals surface area (Å²) < 4.78 is 0. The Bertz CT molecular complexity index is 586. The van der Waals surface area contributed by atoms with Crippen molar-refractivity contribution >= 4 is 29.1 Å². The van der Waals surface area contributed by atoms with Crippen LogP contribution in [-0.2, 0) is 0 Å². The lowest BCUT2D eigenvalue weighted by molar-refractivity contribution is 0.0432. The van der Waals surface area contributed by atoms with Gasteiger partial charge in [0.25, 0.3) is 5.91 Å². The maximum absolute atomic E-state index is 13.2. The van der Waals surface area contributed by atoms with E-state index in [0.29, 0.717) is 33.7 Å². The second-order valence-corrected chi connectivity index (χ2v) is 7.77. The molecule has 2 atom stereocenters. The molecule has 1 aromatic carbocycles. The number of hydrogen-bond donors (Lipinski definition) is 0. The molecule has 0 unspecified atom stereocenters. The van der Waals surface area contributed by atoms with E-state index in [-0.39, 0.29) is 5.91 Å². The summed E-state index contributed by atoms with van der Waals surface area (Å²) in [5, 5.41) is 0.936. The van der Waals surface area contributed by atoms with Crippen molar-refractivity contribution in [2.24, 2.45) is 0 Å². The fraction of sp³-hybridized carbons (Fsp3) is 0.611. The lowest BCUT2D eigenvalue weighted by Crippen LogP contribution is -2.54. The van der Waals surface area contributed by atoms with Crippen LogP contribution in [0.2, 0.25) is 10.0 Å². The third-order valence-corrected chi connectivity index (χ3v) is 5.79. The lowest BCUT2D eigenvalue weighted by atomic mass is 9.88. The van der Waals surface area contributed by atoms with Crippen LogP contribution in [0.25, 0.3) is 0 Å². The smallest absolute Gasteiger partial charge is 0.254 e. The number of likely N-dealkylation sites (N-methyl/N-ethyl adjacent to an activating group) is 1. The van der Waals surface area contributed by atoms with Crippen molar-refractivity contribution < 1.29 is 4.79 Å². The highest BCUT2D eigenvalue weighted by Crippen LogP contribution is 2.36. The molecule has 0 aliphatic heterocycles. The van der Waals surface area contributed by atoms with E-state index in [0.717, 1.165) is 25.7 Å². The van der Waals surface area contributed by atoms with Gasteiger partial charge in [-0.3, -0.25) is 4.79 Å². The summed E-state index contributed by atoms with van der Waals surface area (Å²) in [5.41, 5.74) is 0.648. The number of carbonyl (C=O) groups is 1. The molecule has 1 amide bonds. The predicted octanol–water partition coefficient (Wildman–Crippen LogP) is 4.47. The molecule has 0 N–H and O–H groups in total. The normalized spacial score (nSPS) is 24.7. The summed E-state index contributed by atoms with van der Waals surface area (Å²) in [7, 11) is 4.25. The first-order valence-electron chi connectivity index (χ1n) is 8.43. The van der Waals surface area contributed by atoms with Gasteiger partial charge in [-0.25, -0.2) is 0 Å². The molecule has 1 aromatic rings. The van der Waals surface area contributed by atoms with Crippen LogP contribution >= 0.6 is 23.2 Å². The molecule has 23 heavy (non-hydrogen) atoms. The van der Waals surface area contributed by atoms with Crippen molar-refractivity contribution in [1.82, 2.24) is 9.80 Å². The highest BCUT2D eigenvalue weighted by atomic mass is 35.5. The van der Waals surface area contributed by atoms with Gasteiger partial charge in [0, 0.05) is 23.7 Å². The molecule has 0 aromatic heterocycles. The number of hydrogen-bond acceptors (Lipinski definition) is 2. The summed E-state index contributed by atoms with van der Waals surface area (Å²) in [6, 6.07) is 6.34. The zero-order chi connectivity index (χ0) is 16.6. The largest absolute Gasteiger partial charge is 0.331 e. The third kappa shape index (κ3) is 3.67. The van der Waals surface area contributed by atoms with Crippen LogP contribution in [0, 0.1) is 0 Å². The first kappa shape index (κ1) is 17.1. The molecule has 0 spiro atoms. The fourth-order valence-electron chi connectivity index (χ4n) is 3.74. The molecule has 2 aliphatic rings. The van der Waals surface area contributed by atoms with Gasteiger partial charge >= 0.3 is 0 Å². The Kier molecular flexibility index (Phi) is 5.19. The minimum Gasteiger partial charge on any atom is -0.331 e. The van der Waals surface area contributed by atoms with Crippen LogP contribution < -0.4 is 0 Å². The average molecular weight is 355 g/mol. The van der Waals surface area contributed by atoms with Gasteiger partial charge in [0.2, 0.25) is 0 Å². The second kappa shape index (κ2) is 7.00.